The Kier molecular flexibility index (Phi) is 4.74. The summed E-state index contributed by atoms with van der Waals surface area (Å²) < 4.78 is 28.0. The van der Waals surface area contributed by atoms with Crippen LogP contribution in [0.5, 0.6) is 0 Å². The van der Waals surface area contributed by atoms with E-state index in [0.717, 1.165) is 12.1 Å². The van der Waals surface area contributed by atoms with Gasteiger partial charge in [-0.15, -0.1) is 0 Å². The third kappa shape index (κ3) is 3.68. The lowest BCUT2D eigenvalue weighted by atomic mass is 10.2. The molecule has 0 spiro atoms. The van der Waals surface area contributed by atoms with E-state index in [-0.39, 0.29) is 17.2 Å². The maximum Gasteiger partial charge on any atom is 0.292 e. The highest BCUT2D eigenvalue weighted by atomic mass is 19.2. The second-order valence-electron chi connectivity index (χ2n) is 6.14. The number of rotatable bonds is 4. The van der Waals surface area contributed by atoms with Crippen molar-refractivity contribution in [2.45, 2.75) is 0 Å². The Labute approximate surface area is 163 Å². The molecule has 0 radical (unpaired) electrons. The highest BCUT2D eigenvalue weighted by molar-refractivity contribution is 6.10. The number of carbonyl (C=O) groups is 2. The topological polar surface area (TPSA) is 75.5 Å². The normalized spacial score (nSPS) is 10.7. The van der Waals surface area contributed by atoms with Crippen molar-refractivity contribution in [3.63, 3.8) is 0 Å². The number of hydrogen-bond donors (Lipinski definition) is 2. The van der Waals surface area contributed by atoms with Crippen molar-refractivity contribution in [1.82, 2.24) is 9.38 Å². The van der Waals surface area contributed by atoms with E-state index in [9.17, 15) is 18.4 Å². The lowest BCUT2D eigenvalue weighted by Gasteiger charge is -2.04. The largest absolute Gasteiger partial charge is 0.320 e. The van der Waals surface area contributed by atoms with Gasteiger partial charge in [0.15, 0.2) is 17.3 Å². The van der Waals surface area contributed by atoms with Gasteiger partial charge in [0.2, 0.25) is 5.82 Å². The first-order chi connectivity index (χ1) is 14.0. The number of nitrogens with zero attached hydrogens (tertiary/aromatic N) is 2. The number of carbonyl (C=O) groups excluding carboxylic acids is 2. The Hall–Kier alpha value is -4.07. The van der Waals surface area contributed by atoms with E-state index in [1.54, 1.807) is 48.7 Å². The lowest BCUT2D eigenvalue weighted by Crippen LogP contribution is -2.16. The summed E-state index contributed by atoms with van der Waals surface area (Å²) in [6.45, 7) is 0. The molecule has 0 bridgehead atoms. The molecule has 0 unspecified atom stereocenters. The van der Waals surface area contributed by atoms with E-state index < -0.39 is 23.4 Å². The first-order valence-corrected chi connectivity index (χ1v) is 8.63. The number of hydrogen-bond acceptors (Lipinski definition) is 3. The summed E-state index contributed by atoms with van der Waals surface area (Å²) in [6.07, 6.45) is 1.61. The molecule has 2 N–H and O–H groups in total. The van der Waals surface area contributed by atoms with Crippen LogP contribution in [0.1, 0.15) is 21.1 Å². The monoisotopic (exact) mass is 392 g/mol. The van der Waals surface area contributed by atoms with Crippen LogP contribution < -0.4 is 10.6 Å². The molecular weight excluding hydrogens is 378 g/mol. The number of aromatic nitrogens is 2. The van der Waals surface area contributed by atoms with E-state index >= 15 is 0 Å². The van der Waals surface area contributed by atoms with Crippen LogP contribution in [-0.2, 0) is 0 Å². The third-order valence-electron chi connectivity index (χ3n) is 4.18. The van der Waals surface area contributed by atoms with Crippen molar-refractivity contribution in [3.05, 3.63) is 96.1 Å². The molecule has 2 heterocycles. The predicted octanol–water partition coefficient (Wildman–Crippen LogP) is 4.12. The molecule has 6 nitrogen and oxygen atoms in total. The number of para-hydroxylation sites is 1. The van der Waals surface area contributed by atoms with Crippen LogP contribution in [0.15, 0.2) is 72.9 Å². The molecule has 4 rings (SSSR count). The maximum atomic E-state index is 13.4. The first kappa shape index (κ1) is 18.3. The van der Waals surface area contributed by atoms with Gasteiger partial charge < -0.3 is 10.6 Å². The first-order valence-electron chi connectivity index (χ1n) is 8.63. The average Bonchev–Trinajstić information content (AvgIpc) is 3.11. The number of amides is 2. The van der Waals surface area contributed by atoms with E-state index in [0.29, 0.717) is 11.2 Å². The number of benzene rings is 2. The van der Waals surface area contributed by atoms with Gasteiger partial charge in [-0.05, 0) is 36.4 Å². The molecule has 0 fully saturated rings. The fourth-order valence-corrected chi connectivity index (χ4v) is 2.84. The summed E-state index contributed by atoms with van der Waals surface area (Å²) in [6, 6.07) is 16.9. The molecule has 2 aromatic heterocycles. The van der Waals surface area contributed by atoms with Crippen molar-refractivity contribution in [3.8, 4) is 0 Å². The van der Waals surface area contributed by atoms with E-state index in [1.165, 1.54) is 10.5 Å². The van der Waals surface area contributed by atoms with E-state index in [1.807, 2.05) is 6.07 Å². The molecule has 8 heteroatoms. The molecule has 2 amide bonds. The van der Waals surface area contributed by atoms with Crippen LogP contribution in [0.2, 0.25) is 0 Å². The van der Waals surface area contributed by atoms with Crippen LogP contribution in [0, 0.1) is 11.6 Å². The molecule has 4 aromatic rings. The molecule has 0 atom stereocenters. The van der Waals surface area contributed by atoms with Gasteiger partial charge in [0.25, 0.3) is 11.8 Å². The van der Waals surface area contributed by atoms with E-state index in [2.05, 4.69) is 15.6 Å². The predicted molar refractivity (Wildman–Crippen MR) is 104 cm³/mol. The SMILES string of the molecule is O=C(Nc1ccc(F)c(F)c1)c1nc(C(=O)Nc2ccccc2)n2ccccc12. The van der Waals surface area contributed by atoms with Crippen LogP contribution in [0.4, 0.5) is 20.2 Å². The van der Waals surface area contributed by atoms with Gasteiger partial charge in [-0.2, -0.15) is 0 Å². The molecule has 0 aliphatic heterocycles. The lowest BCUT2D eigenvalue weighted by molar-refractivity contribution is 0.101. The maximum absolute atomic E-state index is 13.4. The Morgan fingerprint density at radius 1 is 0.793 bits per heavy atom. The summed E-state index contributed by atoms with van der Waals surface area (Å²) in [5, 5.41) is 5.19. The van der Waals surface area contributed by atoms with E-state index in [4.69, 9.17) is 0 Å². The minimum absolute atomic E-state index is 0.0138. The number of halogens is 2. The van der Waals surface area contributed by atoms with Gasteiger partial charge in [0, 0.05) is 23.6 Å². The number of nitrogens with one attached hydrogen (secondary N) is 2. The van der Waals surface area contributed by atoms with Gasteiger partial charge in [0.1, 0.15) is 0 Å². The minimum atomic E-state index is -1.08. The van der Waals surface area contributed by atoms with Crippen LogP contribution in [-0.4, -0.2) is 21.2 Å². The van der Waals surface area contributed by atoms with Crippen LogP contribution in [0.25, 0.3) is 5.52 Å². The highest BCUT2D eigenvalue weighted by Gasteiger charge is 2.22. The number of imidazole rings is 1. The van der Waals surface area contributed by atoms with Crippen molar-refractivity contribution >= 4 is 28.7 Å². The molecule has 0 saturated heterocycles. The summed E-state index contributed by atoms with van der Waals surface area (Å²) in [7, 11) is 0. The third-order valence-corrected chi connectivity index (χ3v) is 4.18. The fourth-order valence-electron chi connectivity index (χ4n) is 2.84. The highest BCUT2D eigenvalue weighted by Crippen LogP contribution is 2.18. The van der Waals surface area contributed by atoms with Crippen LogP contribution in [0.3, 0.4) is 0 Å². The van der Waals surface area contributed by atoms with Gasteiger partial charge in [-0.25, -0.2) is 13.8 Å². The fraction of sp³-hybridized carbons (Fsp3) is 0. The summed E-state index contributed by atoms with van der Waals surface area (Å²) in [5.41, 5.74) is 1.03. The van der Waals surface area contributed by atoms with Gasteiger partial charge >= 0.3 is 0 Å². The zero-order valence-corrected chi connectivity index (χ0v) is 14.9. The Morgan fingerprint density at radius 3 is 2.28 bits per heavy atom. The van der Waals surface area contributed by atoms with Gasteiger partial charge in [-0.1, -0.05) is 24.3 Å². The molecule has 0 saturated carbocycles. The Bertz CT molecular complexity index is 1220. The van der Waals surface area contributed by atoms with Crippen molar-refractivity contribution in [2.75, 3.05) is 10.6 Å². The zero-order valence-electron chi connectivity index (χ0n) is 14.9. The van der Waals surface area contributed by atoms with Crippen LogP contribution >= 0.6 is 0 Å². The minimum Gasteiger partial charge on any atom is -0.320 e. The van der Waals surface area contributed by atoms with Crippen molar-refractivity contribution in [1.29, 1.82) is 0 Å². The molecule has 0 aliphatic rings. The molecule has 0 aliphatic carbocycles. The Balaban J connectivity index is 1.67. The van der Waals surface area contributed by atoms with Crippen molar-refractivity contribution < 1.29 is 18.4 Å². The second kappa shape index (κ2) is 7.51. The number of pyridine rings is 1. The number of fused-ring (bicyclic) bond motifs is 1. The van der Waals surface area contributed by atoms with Gasteiger partial charge in [-0.3, -0.25) is 14.0 Å². The molecule has 2 aromatic carbocycles. The quantitative estimate of drug-likeness (QED) is 0.549. The number of anilines is 2. The summed E-state index contributed by atoms with van der Waals surface area (Å²) in [5.74, 6) is -3.24. The Morgan fingerprint density at radius 2 is 1.52 bits per heavy atom. The standard InChI is InChI=1S/C21H14F2N4O2/c22-15-10-9-14(12-16(15)23)25-20(28)18-17-8-4-5-11-27(17)19(26-18)21(29)24-13-6-2-1-3-7-13/h1-12H,(H,24,29)(H,25,28). The molecular formula is C21H14F2N4O2. The smallest absolute Gasteiger partial charge is 0.292 e. The van der Waals surface area contributed by atoms with Gasteiger partial charge in [0.05, 0.1) is 5.52 Å². The summed E-state index contributed by atoms with van der Waals surface area (Å²) in [4.78, 5) is 29.6. The molecule has 144 valence electrons. The zero-order chi connectivity index (χ0) is 20.4. The molecule has 29 heavy (non-hydrogen) atoms. The second-order valence-corrected chi connectivity index (χ2v) is 6.14. The van der Waals surface area contributed by atoms with Crippen molar-refractivity contribution in [2.24, 2.45) is 0 Å². The average molecular weight is 392 g/mol. The summed E-state index contributed by atoms with van der Waals surface area (Å²) >= 11 is 0.